The lowest BCUT2D eigenvalue weighted by atomic mass is 10.1. The summed E-state index contributed by atoms with van der Waals surface area (Å²) in [5.74, 6) is 0.917. The Morgan fingerprint density at radius 3 is 2.47 bits per heavy atom. The predicted octanol–water partition coefficient (Wildman–Crippen LogP) is 2.78. The maximum Gasteiger partial charge on any atom is 0.150 e. The molecule has 0 amide bonds. The van der Waals surface area contributed by atoms with E-state index in [2.05, 4.69) is 34.8 Å². The van der Waals surface area contributed by atoms with E-state index in [0.717, 1.165) is 29.3 Å². The predicted molar refractivity (Wildman–Crippen MR) is 78.9 cm³/mol. The molecule has 0 spiro atoms. The van der Waals surface area contributed by atoms with Crippen LogP contribution < -0.4 is 10.6 Å². The average Bonchev–Trinajstić information content (AvgIpc) is 2.38. The van der Waals surface area contributed by atoms with E-state index in [1.165, 1.54) is 0 Å². The Kier molecular flexibility index (Phi) is 4.00. The highest BCUT2D eigenvalue weighted by Crippen LogP contribution is 2.22. The highest BCUT2D eigenvalue weighted by molar-refractivity contribution is 5.51. The Morgan fingerprint density at radius 1 is 1.16 bits per heavy atom. The van der Waals surface area contributed by atoms with Crippen LogP contribution in [0.25, 0.3) is 0 Å². The molecule has 0 saturated carbocycles. The van der Waals surface area contributed by atoms with Crippen molar-refractivity contribution in [2.24, 2.45) is 0 Å². The molecule has 2 aromatic rings. The lowest BCUT2D eigenvalue weighted by molar-refractivity contribution is 0.668. The van der Waals surface area contributed by atoms with E-state index >= 15 is 0 Å². The molecule has 0 unspecified atom stereocenters. The molecule has 4 nitrogen and oxygen atoms in total. The van der Waals surface area contributed by atoms with E-state index in [0.29, 0.717) is 6.04 Å². The molecule has 1 aromatic heterocycles. The number of hydrogen-bond donors (Lipinski definition) is 1. The number of para-hydroxylation sites is 1. The number of rotatable bonds is 4. The monoisotopic (exact) mass is 256 g/mol. The summed E-state index contributed by atoms with van der Waals surface area (Å²) >= 11 is 0. The number of nitrogen functional groups attached to an aromatic ring is 1. The van der Waals surface area contributed by atoms with Gasteiger partial charge in [0.25, 0.3) is 0 Å². The number of aromatic nitrogens is 2. The van der Waals surface area contributed by atoms with Crippen molar-refractivity contribution in [3.8, 4) is 0 Å². The lowest BCUT2D eigenvalue weighted by Crippen LogP contribution is -2.32. The minimum atomic E-state index is 0.329. The van der Waals surface area contributed by atoms with Crippen LogP contribution in [0.1, 0.15) is 25.1 Å². The first kappa shape index (κ1) is 13.3. The maximum absolute atomic E-state index is 6.02. The fourth-order valence-corrected chi connectivity index (χ4v) is 2.05. The van der Waals surface area contributed by atoms with Crippen molar-refractivity contribution in [1.29, 1.82) is 0 Å². The molecular weight excluding hydrogens is 236 g/mol. The van der Waals surface area contributed by atoms with E-state index in [4.69, 9.17) is 5.73 Å². The van der Waals surface area contributed by atoms with Gasteiger partial charge in [-0.1, -0.05) is 18.2 Å². The molecule has 4 heteroatoms. The maximum atomic E-state index is 6.02. The van der Waals surface area contributed by atoms with Gasteiger partial charge in [-0.15, -0.1) is 0 Å². The smallest absolute Gasteiger partial charge is 0.150 e. The zero-order valence-corrected chi connectivity index (χ0v) is 11.7. The summed E-state index contributed by atoms with van der Waals surface area (Å²) in [7, 11) is 0. The molecule has 0 aliphatic rings. The summed E-state index contributed by atoms with van der Waals surface area (Å²) in [5, 5.41) is 0. The van der Waals surface area contributed by atoms with Gasteiger partial charge in [-0.25, -0.2) is 4.98 Å². The van der Waals surface area contributed by atoms with Crippen molar-refractivity contribution in [1.82, 2.24) is 9.97 Å². The zero-order valence-electron chi connectivity index (χ0n) is 11.7. The molecule has 100 valence electrons. The van der Waals surface area contributed by atoms with Gasteiger partial charge in [0.05, 0.1) is 5.69 Å². The van der Waals surface area contributed by atoms with Crippen LogP contribution in [0.3, 0.4) is 0 Å². The number of anilines is 2. The molecule has 0 aliphatic carbocycles. The molecule has 0 saturated heterocycles. The van der Waals surface area contributed by atoms with Crippen LogP contribution in [-0.2, 0) is 6.54 Å². The normalized spacial score (nSPS) is 10.7. The Labute approximate surface area is 114 Å². The molecule has 1 heterocycles. The minimum absolute atomic E-state index is 0.329. The van der Waals surface area contributed by atoms with Crippen LogP contribution in [0.4, 0.5) is 11.5 Å². The molecule has 2 rings (SSSR count). The van der Waals surface area contributed by atoms with Crippen LogP contribution in [0.2, 0.25) is 0 Å². The Morgan fingerprint density at radius 2 is 1.84 bits per heavy atom. The molecule has 19 heavy (non-hydrogen) atoms. The summed E-state index contributed by atoms with van der Waals surface area (Å²) in [6.45, 7) is 7.01. The third-order valence-electron chi connectivity index (χ3n) is 3.15. The Bertz CT molecular complexity index is 551. The minimum Gasteiger partial charge on any atom is -0.398 e. The standard InChI is InChI=1S/C15H20N4/c1-11(2)19(15-12(3)17-8-9-18-15)10-13-6-4-5-7-14(13)16/h4-9,11H,10,16H2,1-3H3. The number of benzene rings is 1. The largest absolute Gasteiger partial charge is 0.398 e. The van der Waals surface area contributed by atoms with Gasteiger partial charge >= 0.3 is 0 Å². The quantitative estimate of drug-likeness (QED) is 0.855. The Hall–Kier alpha value is -2.10. The molecule has 2 N–H and O–H groups in total. The van der Waals surface area contributed by atoms with Gasteiger partial charge in [0, 0.05) is 30.7 Å². The third kappa shape index (κ3) is 3.02. The molecule has 0 bridgehead atoms. The SMILES string of the molecule is Cc1nccnc1N(Cc1ccccc1N)C(C)C. The topological polar surface area (TPSA) is 55.0 Å². The number of aryl methyl sites for hydroxylation is 1. The van der Waals surface area contributed by atoms with E-state index in [1.807, 2.05) is 25.1 Å². The summed E-state index contributed by atoms with van der Waals surface area (Å²) in [6.07, 6.45) is 3.44. The lowest BCUT2D eigenvalue weighted by Gasteiger charge is -2.29. The van der Waals surface area contributed by atoms with Gasteiger partial charge in [-0.3, -0.25) is 4.98 Å². The molecule has 0 fully saturated rings. The Balaban J connectivity index is 2.33. The van der Waals surface area contributed by atoms with Gasteiger partial charge in [-0.05, 0) is 32.4 Å². The van der Waals surface area contributed by atoms with Gasteiger partial charge in [0.2, 0.25) is 0 Å². The van der Waals surface area contributed by atoms with Crippen molar-refractivity contribution in [2.75, 3.05) is 10.6 Å². The molecular formula is C15H20N4. The fourth-order valence-electron chi connectivity index (χ4n) is 2.05. The summed E-state index contributed by atoms with van der Waals surface area (Å²) in [4.78, 5) is 11.0. The van der Waals surface area contributed by atoms with Crippen LogP contribution >= 0.6 is 0 Å². The number of nitrogens with two attached hydrogens (primary N) is 1. The summed E-state index contributed by atoms with van der Waals surface area (Å²) in [6, 6.07) is 8.27. The van der Waals surface area contributed by atoms with Crippen molar-refractivity contribution in [2.45, 2.75) is 33.4 Å². The first-order valence-corrected chi connectivity index (χ1v) is 6.47. The third-order valence-corrected chi connectivity index (χ3v) is 3.15. The van der Waals surface area contributed by atoms with Crippen molar-refractivity contribution < 1.29 is 0 Å². The van der Waals surface area contributed by atoms with Gasteiger partial charge in [-0.2, -0.15) is 0 Å². The zero-order chi connectivity index (χ0) is 13.8. The number of hydrogen-bond acceptors (Lipinski definition) is 4. The van der Waals surface area contributed by atoms with Crippen molar-refractivity contribution in [3.05, 3.63) is 47.9 Å². The molecule has 0 atom stereocenters. The summed E-state index contributed by atoms with van der Waals surface area (Å²) < 4.78 is 0. The van der Waals surface area contributed by atoms with Crippen molar-refractivity contribution >= 4 is 11.5 Å². The average molecular weight is 256 g/mol. The van der Waals surface area contributed by atoms with E-state index in [9.17, 15) is 0 Å². The first-order valence-electron chi connectivity index (χ1n) is 6.47. The van der Waals surface area contributed by atoms with E-state index < -0.39 is 0 Å². The van der Waals surface area contributed by atoms with Gasteiger partial charge in [0.15, 0.2) is 5.82 Å². The molecule has 1 aromatic carbocycles. The highest BCUT2D eigenvalue weighted by atomic mass is 15.2. The van der Waals surface area contributed by atoms with Gasteiger partial charge < -0.3 is 10.6 Å². The second-order valence-electron chi connectivity index (χ2n) is 4.89. The van der Waals surface area contributed by atoms with Crippen LogP contribution in [0.5, 0.6) is 0 Å². The van der Waals surface area contributed by atoms with Crippen LogP contribution in [0.15, 0.2) is 36.7 Å². The highest BCUT2D eigenvalue weighted by Gasteiger charge is 2.16. The van der Waals surface area contributed by atoms with E-state index in [-0.39, 0.29) is 0 Å². The van der Waals surface area contributed by atoms with Crippen molar-refractivity contribution in [3.63, 3.8) is 0 Å². The second-order valence-corrected chi connectivity index (χ2v) is 4.89. The second kappa shape index (κ2) is 5.69. The van der Waals surface area contributed by atoms with Crippen LogP contribution in [-0.4, -0.2) is 16.0 Å². The van der Waals surface area contributed by atoms with E-state index in [1.54, 1.807) is 12.4 Å². The molecule has 0 radical (unpaired) electrons. The number of nitrogens with zero attached hydrogens (tertiary/aromatic N) is 3. The van der Waals surface area contributed by atoms with Gasteiger partial charge in [0.1, 0.15) is 0 Å². The molecule has 0 aliphatic heterocycles. The summed E-state index contributed by atoms with van der Waals surface area (Å²) in [5.41, 5.74) is 8.89. The van der Waals surface area contributed by atoms with Crippen LogP contribution in [0, 0.1) is 6.92 Å². The fraction of sp³-hybridized carbons (Fsp3) is 0.333. The first-order chi connectivity index (χ1) is 9.09.